The van der Waals surface area contributed by atoms with Gasteiger partial charge >= 0.3 is 0 Å². The standard InChI is InChI=1S/C16H20F2N2OS/c1-22-12-5-7-19(10-12)11-8-13(17)16(14(18)9-11)20-6-3-2-4-15(20)21/h8-9,12H,2-7,10H2,1H3. The summed E-state index contributed by atoms with van der Waals surface area (Å²) in [4.78, 5) is 15.2. The minimum Gasteiger partial charge on any atom is -0.370 e. The number of carbonyl (C=O) groups is 1. The number of nitrogens with zero attached hydrogens (tertiary/aromatic N) is 2. The second-order valence-electron chi connectivity index (χ2n) is 5.85. The van der Waals surface area contributed by atoms with Crippen LogP contribution in [0.5, 0.6) is 0 Å². The Balaban J connectivity index is 1.87. The van der Waals surface area contributed by atoms with Crippen LogP contribution in [0.25, 0.3) is 0 Å². The van der Waals surface area contributed by atoms with Crippen molar-refractivity contribution >= 4 is 29.0 Å². The Morgan fingerprint density at radius 3 is 2.50 bits per heavy atom. The summed E-state index contributed by atoms with van der Waals surface area (Å²) < 4.78 is 28.9. The lowest BCUT2D eigenvalue weighted by Crippen LogP contribution is -2.36. The highest BCUT2D eigenvalue weighted by Crippen LogP contribution is 2.33. The molecule has 0 N–H and O–H groups in total. The molecule has 3 nitrogen and oxygen atoms in total. The molecule has 2 aliphatic heterocycles. The van der Waals surface area contributed by atoms with E-state index in [1.165, 1.54) is 17.0 Å². The van der Waals surface area contributed by atoms with E-state index in [-0.39, 0.29) is 11.6 Å². The number of piperidine rings is 1. The maximum atomic E-state index is 14.4. The second-order valence-corrected chi connectivity index (χ2v) is 6.99. The molecule has 1 aromatic carbocycles. The highest BCUT2D eigenvalue weighted by molar-refractivity contribution is 7.99. The normalized spacial score (nSPS) is 22.5. The molecule has 2 heterocycles. The molecule has 0 aliphatic carbocycles. The monoisotopic (exact) mass is 326 g/mol. The van der Waals surface area contributed by atoms with Crippen LogP contribution in [-0.4, -0.2) is 37.0 Å². The highest BCUT2D eigenvalue weighted by atomic mass is 32.2. The van der Waals surface area contributed by atoms with Crippen LogP contribution in [0.15, 0.2) is 12.1 Å². The minimum absolute atomic E-state index is 0.186. The molecule has 2 saturated heterocycles. The van der Waals surface area contributed by atoms with Crippen LogP contribution >= 0.6 is 11.8 Å². The first kappa shape index (κ1) is 15.6. The SMILES string of the molecule is CSC1CCN(c2cc(F)c(N3CCCCC3=O)c(F)c2)C1. The van der Waals surface area contributed by atoms with Crippen molar-refractivity contribution in [1.82, 2.24) is 0 Å². The van der Waals surface area contributed by atoms with Crippen LogP contribution in [0.3, 0.4) is 0 Å². The van der Waals surface area contributed by atoms with Crippen molar-refractivity contribution in [1.29, 1.82) is 0 Å². The Bertz CT molecular complexity index is 558. The van der Waals surface area contributed by atoms with Gasteiger partial charge in [-0.05, 0) is 37.7 Å². The predicted octanol–water partition coefficient (Wildman–Crippen LogP) is 3.42. The van der Waals surface area contributed by atoms with Gasteiger partial charge < -0.3 is 9.80 Å². The molecule has 120 valence electrons. The van der Waals surface area contributed by atoms with Gasteiger partial charge in [0.2, 0.25) is 5.91 Å². The molecular weight excluding hydrogens is 306 g/mol. The van der Waals surface area contributed by atoms with E-state index < -0.39 is 11.6 Å². The van der Waals surface area contributed by atoms with Crippen molar-refractivity contribution in [3.8, 4) is 0 Å². The molecule has 3 rings (SSSR count). The zero-order chi connectivity index (χ0) is 15.7. The summed E-state index contributed by atoms with van der Waals surface area (Å²) in [5, 5.41) is 0.509. The lowest BCUT2D eigenvalue weighted by atomic mass is 10.1. The van der Waals surface area contributed by atoms with Gasteiger partial charge in [-0.1, -0.05) is 0 Å². The van der Waals surface area contributed by atoms with E-state index in [9.17, 15) is 13.6 Å². The zero-order valence-corrected chi connectivity index (χ0v) is 13.5. The van der Waals surface area contributed by atoms with E-state index >= 15 is 0 Å². The third-order valence-electron chi connectivity index (χ3n) is 4.44. The minimum atomic E-state index is -0.641. The van der Waals surface area contributed by atoms with Crippen molar-refractivity contribution in [2.45, 2.75) is 30.9 Å². The first-order valence-electron chi connectivity index (χ1n) is 7.67. The van der Waals surface area contributed by atoms with Crippen molar-refractivity contribution in [3.05, 3.63) is 23.8 Å². The van der Waals surface area contributed by atoms with Crippen LogP contribution in [0.2, 0.25) is 0 Å². The number of hydrogen-bond donors (Lipinski definition) is 0. The van der Waals surface area contributed by atoms with Crippen LogP contribution in [0.1, 0.15) is 25.7 Å². The molecule has 2 aliphatic rings. The molecule has 0 saturated carbocycles. The number of rotatable bonds is 3. The Labute approximate surface area is 133 Å². The quantitative estimate of drug-likeness (QED) is 0.850. The van der Waals surface area contributed by atoms with Crippen molar-refractivity contribution in [2.75, 3.05) is 35.7 Å². The molecule has 1 amide bonds. The number of carbonyl (C=O) groups excluding carboxylic acids is 1. The van der Waals surface area contributed by atoms with Gasteiger partial charge in [0.1, 0.15) is 5.69 Å². The van der Waals surface area contributed by atoms with E-state index in [0.717, 1.165) is 32.4 Å². The largest absolute Gasteiger partial charge is 0.370 e. The summed E-state index contributed by atoms with van der Waals surface area (Å²) in [5.74, 6) is -1.48. The average molecular weight is 326 g/mol. The fourth-order valence-corrected chi connectivity index (χ4v) is 3.86. The van der Waals surface area contributed by atoms with Gasteiger partial charge in [0.05, 0.1) is 0 Å². The van der Waals surface area contributed by atoms with Crippen LogP contribution in [0.4, 0.5) is 20.2 Å². The molecular formula is C16H20F2N2OS. The first-order chi connectivity index (χ1) is 10.6. The third kappa shape index (κ3) is 2.93. The molecule has 1 atom stereocenters. The molecule has 1 unspecified atom stereocenters. The third-order valence-corrected chi connectivity index (χ3v) is 5.49. The number of thioether (sulfide) groups is 1. The number of benzene rings is 1. The zero-order valence-electron chi connectivity index (χ0n) is 12.6. The van der Waals surface area contributed by atoms with Gasteiger partial charge in [-0.3, -0.25) is 4.79 Å². The molecule has 0 radical (unpaired) electrons. The summed E-state index contributed by atoms with van der Waals surface area (Å²) in [6.07, 6.45) is 5.02. The molecule has 22 heavy (non-hydrogen) atoms. The van der Waals surface area contributed by atoms with E-state index in [1.807, 2.05) is 4.90 Å². The molecule has 2 fully saturated rings. The number of amides is 1. The van der Waals surface area contributed by atoms with Crippen LogP contribution < -0.4 is 9.80 Å². The van der Waals surface area contributed by atoms with Gasteiger partial charge in [0, 0.05) is 37.0 Å². The summed E-state index contributed by atoms with van der Waals surface area (Å²) in [5.41, 5.74) is 0.383. The Morgan fingerprint density at radius 2 is 1.91 bits per heavy atom. The first-order valence-corrected chi connectivity index (χ1v) is 8.96. The fraction of sp³-hybridized carbons (Fsp3) is 0.562. The van der Waals surface area contributed by atoms with Gasteiger partial charge in [-0.2, -0.15) is 11.8 Å². The highest BCUT2D eigenvalue weighted by Gasteiger charge is 2.28. The van der Waals surface area contributed by atoms with Crippen LogP contribution in [0, 0.1) is 11.6 Å². The lowest BCUT2D eigenvalue weighted by Gasteiger charge is -2.28. The number of hydrogen-bond acceptors (Lipinski definition) is 3. The van der Waals surface area contributed by atoms with Crippen LogP contribution in [-0.2, 0) is 4.79 Å². The number of halogens is 2. The summed E-state index contributed by atoms with van der Waals surface area (Å²) in [6.45, 7) is 2.01. The van der Waals surface area contributed by atoms with Gasteiger partial charge in [-0.15, -0.1) is 0 Å². The van der Waals surface area contributed by atoms with E-state index in [0.29, 0.717) is 23.9 Å². The van der Waals surface area contributed by atoms with Gasteiger partial charge in [0.25, 0.3) is 0 Å². The maximum Gasteiger partial charge on any atom is 0.227 e. The molecule has 1 aromatic rings. The van der Waals surface area contributed by atoms with Crippen molar-refractivity contribution in [2.24, 2.45) is 0 Å². The summed E-state index contributed by atoms with van der Waals surface area (Å²) in [6, 6.07) is 2.73. The topological polar surface area (TPSA) is 23.6 Å². The summed E-state index contributed by atoms with van der Waals surface area (Å²) in [7, 11) is 0. The Morgan fingerprint density at radius 1 is 1.18 bits per heavy atom. The maximum absolute atomic E-state index is 14.4. The Hall–Kier alpha value is -1.30. The Kier molecular flexibility index (Phi) is 4.57. The summed E-state index contributed by atoms with van der Waals surface area (Å²) >= 11 is 1.78. The van der Waals surface area contributed by atoms with Gasteiger partial charge in [0.15, 0.2) is 11.6 Å². The molecule has 0 aromatic heterocycles. The van der Waals surface area contributed by atoms with Gasteiger partial charge in [-0.25, -0.2) is 8.78 Å². The smallest absolute Gasteiger partial charge is 0.227 e. The number of anilines is 2. The average Bonchev–Trinajstić information content (AvgIpc) is 2.97. The lowest BCUT2D eigenvalue weighted by molar-refractivity contribution is -0.119. The second kappa shape index (κ2) is 6.44. The van der Waals surface area contributed by atoms with E-state index in [1.54, 1.807) is 11.8 Å². The fourth-order valence-electron chi connectivity index (χ4n) is 3.19. The van der Waals surface area contributed by atoms with E-state index in [4.69, 9.17) is 0 Å². The van der Waals surface area contributed by atoms with E-state index in [2.05, 4.69) is 6.26 Å². The van der Waals surface area contributed by atoms with Crippen molar-refractivity contribution in [3.63, 3.8) is 0 Å². The molecule has 0 bridgehead atoms. The predicted molar refractivity (Wildman–Crippen MR) is 86.7 cm³/mol. The molecule has 6 heteroatoms. The molecule has 0 spiro atoms. The van der Waals surface area contributed by atoms with Crippen molar-refractivity contribution < 1.29 is 13.6 Å².